The number of nitrogens with one attached hydrogen (secondary N) is 2. The number of aromatic hydroxyl groups is 1. The van der Waals surface area contributed by atoms with Gasteiger partial charge in [0, 0.05) is 28.8 Å². The van der Waals surface area contributed by atoms with E-state index in [-0.39, 0.29) is 22.2 Å². The zero-order valence-electron chi connectivity index (χ0n) is 12.5. The van der Waals surface area contributed by atoms with Crippen LogP contribution >= 0.6 is 23.2 Å². The molecule has 0 saturated carbocycles. The average molecular weight is 366 g/mol. The standard InChI is InChI=1S/C16H13Cl2N3O3/c1-9(22)20-13-4-2-10(3-5-13)16(24)21-19-8-11-6-12(17)7-14(18)15(11)23/h2-8,23H,1H3,(H,20,22)(H,21,24). The summed E-state index contributed by atoms with van der Waals surface area (Å²) in [6, 6.07) is 9.14. The number of anilines is 1. The monoisotopic (exact) mass is 365 g/mol. The van der Waals surface area contributed by atoms with E-state index in [1.54, 1.807) is 24.3 Å². The van der Waals surface area contributed by atoms with Crippen LogP contribution in [0.5, 0.6) is 5.75 Å². The Morgan fingerprint density at radius 1 is 1.17 bits per heavy atom. The van der Waals surface area contributed by atoms with E-state index in [2.05, 4.69) is 15.8 Å². The number of phenolic OH excluding ortho intramolecular Hbond substituents is 1. The molecule has 0 aromatic heterocycles. The number of hydrazone groups is 1. The third-order valence-corrected chi connectivity index (χ3v) is 3.40. The molecule has 0 aliphatic rings. The van der Waals surface area contributed by atoms with Crippen molar-refractivity contribution in [3.05, 3.63) is 57.6 Å². The largest absolute Gasteiger partial charge is 0.506 e. The van der Waals surface area contributed by atoms with E-state index in [9.17, 15) is 14.7 Å². The van der Waals surface area contributed by atoms with Crippen molar-refractivity contribution in [1.82, 2.24) is 5.43 Å². The van der Waals surface area contributed by atoms with E-state index >= 15 is 0 Å². The molecule has 0 heterocycles. The van der Waals surface area contributed by atoms with Crippen LogP contribution in [0, 0.1) is 0 Å². The van der Waals surface area contributed by atoms with Crippen molar-refractivity contribution >= 4 is 46.9 Å². The van der Waals surface area contributed by atoms with Gasteiger partial charge in [0.05, 0.1) is 11.2 Å². The SMILES string of the molecule is CC(=O)Nc1ccc(C(=O)NN=Cc2cc(Cl)cc(Cl)c2O)cc1. The summed E-state index contributed by atoms with van der Waals surface area (Å²) in [4.78, 5) is 22.9. The normalized spacial score (nSPS) is 10.6. The number of halogens is 2. The molecule has 2 amide bonds. The first kappa shape index (κ1) is 17.8. The van der Waals surface area contributed by atoms with Gasteiger partial charge in [-0.3, -0.25) is 9.59 Å². The van der Waals surface area contributed by atoms with E-state index in [0.29, 0.717) is 16.3 Å². The lowest BCUT2D eigenvalue weighted by Gasteiger charge is -2.04. The molecule has 6 nitrogen and oxygen atoms in total. The lowest BCUT2D eigenvalue weighted by Crippen LogP contribution is -2.17. The maximum absolute atomic E-state index is 12.0. The van der Waals surface area contributed by atoms with Crippen LogP contribution in [-0.4, -0.2) is 23.1 Å². The lowest BCUT2D eigenvalue weighted by atomic mass is 10.2. The lowest BCUT2D eigenvalue weighted by molar-refractivity contribution is -0.114. The fraction of sp³-hybridized carbons (Fsp3) is 0.0625. The van der Waals surface area contributed by atoms with Gasteiger partial charge in [-0.05, 0) is 36.4 Å². The maximum Gasteiger partial charge on any atom is 0.271 e. The zero-order valence-corrected chi connectivity index (χ0v) is 14.0. The third-order valence-electron chi connectivity index (χ3n) is 2.89. The molecule has 124 valence electrons. The molecule has 0 radical (unpaired) electrons. The minimum atomic E-state index is -0.451. The predicted molar refractivity (Wildman–Crippen MR) is 93.9 cm³/mol. The summed E-state index contributed by atoms with van der Waals surface area (Å²) < 4.78 is 0. The molecule has 0 fully saturated rings. The van der Waals surface area contributed by atoms with Crippen molar-refractivity contribution in [3.8, 4) is 5.75 Å². The van der Waals surface area contributed by atoms with Crippen molar-refractivity contribution < 1.29 is 14.7 Å². The van der Waals surface area contributed by atoms with Gasteiger partial charge in [0.25, 0.3) is 5.91 Å². The average Bonchev–Trinajstić information content (AvgIpc) is 2.52. The smallest absolute Gasteiger partial charge is 0.271 e. The summed E-state index contributed by atoms with van der Waals surface area (Å²) in [6.45, 7) is 1.40. The van der Waals surface area contributed by atoms with Gasteiger partial charge in [-0.15, -0.1) is 0 Å². The first-order chi connectivity index (χ1) is 11.4. The fourth-order valence-electron chi connectivity index (χ4n) is 1.82. The zero-order chi connectivity index (χ0) is 17.7. The molecule has 24 heavy (non-hydrogen) atoms. The summed E-state index contributed by atoms with van der Waals surface area (Å²) >= 11 is 11.6. The summed E-state index contributed by atoms with van der Waals surface area (Å²) in [5, 5.41) is 16.6. The Morgan fingerprint density at radius 3 is 2.46 bits per heavy atom. The van der Waals surface area contributed by atoms with Gasteiger partial charge in [-0.2, -0.15) is 5.10 Å². The molecule has 2 rings (SSSR count). The first-order valence-electron chi connectivity index (χ1n) is 6.76. The maximum atomic E-state index is 12.0. The van der Waals surface area contributed by atoms with Crippen molar-refractivity contribution in [2.75, 3.05) is 5.32 Å². The van der Waals surface area contributed by atoms with Gasteiger partial charge >= 0.3 is 0 Å². The van der Waals surface area contributed by atoms with Crippen molar-refractivity contribution in [3.63, 3.8) is 0 Å². The quantitative estimate of drug-likeness (QED) is 0.572. The summed E-state index contributed by atoms with van der Waals surface area (Å²) in [7, 11) is 0. The van der Waals surface area contributed by atoms with Gasteiger partial charge in [0.1, 0.15) is 5.75 Å². The van der Waals surface area contributed by atoms with Gasteiger partial charge in [-0.1, -0.05) is 23.2 Å². The number of amides is 2. The molecular formula is C16H13Cl2N3O3. The number of rotatable bonds is 4. The van der Waals surface area contributed by atoms with Gasteiger partial charge < -0.3 is 10.4 Å². The predicted octanol–water partition coefficient (Wildman–Crippen LogP) is 3.42. The highest BCUT2D eigenvalue weighted by molar-refractivity contribution is 6.36. The van der Waals surface area contributed by atoms with E-state index in [1.165, 1.54) is 25.3 Å². The van der Waals surface area contributed by atoms with Crippen LogP contribution in [0.4, 0.5) is 5.69 Å². The molecule has 0 bridgehead atoms. The molecule has 0 unspecified atom stereocenters. The van der Waals surface area contributed by atoms with E-state index < -0.39 is 5.91 Å². The number of carbonyl (C=O) groups excluding carboxylic acids is 2. The first-order valence-corrected chi connectivity index (χ1v) is 7.51. The molecule has 0 atom stereocenters. The molecular weight excluding hydrogens is 353 g/mol. The van der Waals surface area contributed by atoms with Crippen LogP contribution in [0.15, 0.2) is 41.5 Å². The third kappa shape index (κ3) is 4.71. The number of hydrogen-bond donors (Lipinski definition) is 3. The molecule has 0 saturated heterocycles. The number of carbonyl (C=O) groups is 2. The van der Waals surface area contributed by atoms with Crippen LogP contribution < -0.4 is 10.7 Å². The van der Waals surface area contributed by atoms with Crippen LogP contribution in [0.1, 0.15) is 22.8 Å². The second-order valence-corrected chi connectivity index (χ2v) is 5.63. The summed E-state index contributed by atoms with van der Waals surface area (Å²) in [6.07, 6.45) is 1.23. The number of hydrogen-bond acceptors (Lipinski definition) is 4. The summed E-state index contributed by atoms with van der Waals surface area (Å²) in [5.74, 6) is -0.830. The van der Waals surface area contributed by atoms with E-state index in [0.717, 1.165) is 0 Å². The second-order valence-electron chi connectivity index (χ2n) is 4.78. The Bertz CT molecular complexity index is 805. The Balaban J connectivity index is 2.04. The highest BCUT2D eigenvalue weighted by Gasteiger charge is 2.07. The van der Waals surface area contributed by atoms with E-state index in [1.807, 2.05) is 0 Å². The number of nitrogens with zero attached hydrogens (tertiary/aromatic N) is 1. The summed E-state index contributed by atoms with van der Waals surface area (Å²) in [5.41, 5.74) is 3.53. The minimum Gasteiger partial charge on any atom is -0.506 e. The highest BCUT2D eigenvalue weighted by atomic mass is 35.5. The number of benzene rings is 2. The molecule has 0 aliphatic heterocycles. The van der Waals surface area contributed by atoms with Crippen LogP contribution in [0.3, 0.4) is 0 Å². The van der Waals surface area contributed by atoms with Gasteiger partial charge in [-0.25, -0.2) is 5.43 Å². The molecule has 0 spiro atoms. The molecule has 2 aromatic rings. The Kier molecular flexibility index (Phi) is 5.78. The molecule has 2 aromatic carbocycles. The fourth-order valence-corrected chi connectivity index (χ4v) is 2.33. The van der Waals surface area contributed by atoms with Crippen LogP contribution in [-0.2, 0) is 4.79 Å². The van der Waals surface area contributed by atoms with E-state index in [4.69, 9.17) is 23.2 Å². The van der Waals surface area contributed by atoms with Crippen molar-refractivity contribution in [2.45, 2.75) is 6.92 Å². The Hall–Kier alpha value is -2.57. The number of phenols is 1. The van der Waals surface area contributed by atoms with Crippen molar-refractivity contribution in [1.29, 1.82) is 0 Å². The Morgan fingerprint density at radius 2 is 1.83 bits per heavy atom. The van der Waals surface area contributed by atoms with Crippen LogP contribution in [0.2, 0.25) is 10.0 Å². The molecule has 8 heteroatoms. The molecule has 0 aliphatic carbocycles. The van der Waals surface area contributed by atoms with Gasteiger partial charge in [0.2, 0.25) is 5.91 Å². The van der Waals surface area contributed by atoms with Crippen molar-refractivity contribution in [2.24, 2.45) is 5.10 Å². The second kappa shape index (κ2) is 7.81. The van der Waals surface area contributed by atoms with Gasteiger partial charge in [0.15, 0.2) is 0 Å². The highest BCUT2D eigenvalue weighted by Crippen LogP contribution is 2.29. The van der Waals surface area contributed by atoms with Crippen LogP contribution in [0.25, 0.3) is 0 Å². The molecule has 3 N–H and O–H groups in total. The Labute approximate surface area is 148 Å². The minimum absolute atomic E-state index is 0.0869. The topological polar surface area (TPSA) is 90.8 Å².